The van der Waals surface area contributed by atoms with Crippen LogP contribution >= 0.6 is 0 Å². The fourth-order valence-corrected chi connectivity index (χ4v) is 6.22. The van der Waals surface area contributed by atoms with Crippen LogP contribution in [0.25, 0.3) is 0 Å². The van der Waals surface area contributed by atoms with E-state index in [2.05, 4.69) is 0 Å². The molecule has 0 aliphatic carbocycles. The van der Waals surface area contributed by atoms with Gasteiger partial charge in [-0.15, -0.1) is 0 Å². The molecule has 10 heteroatoms. The molecule has 9 nitrogen and oxygen atoms in total. The van der Waals surface area contributed by atoms with Crippen LogP contribution in [0.1, 0.15) is 31.2 Å². The molecule has 4 rings (SSSR count). The molecule has 1 aromatic carbocycles. The zero-order chi connectivity index (χ0) is 22.2. The quantitative estimate of drug-likeness (QED) is 0.671. The maximum absolute atomic E-state index is 13.1. The van der Waals surface area contributed by atoms with Crippen LogP contribution in [0.4, 0.5) is 4.79 Å². The minimum Gasteiger partial charge on any atom is -0.486 e. The number of methoxy groups -OCH3 is 1. The lowest BCUT2D eigenvalue weighted by molar-refractivity contribution is -0.0189. The summed E-state index contributed by atoms with van der Waals surface area (Å²) in [6.07, 6.45) is 2.01. The van der Waals surface area contributed by atoms with Gasteiger partial charge < -0.3 is 24.2 Å². The first kappa shape index (κ1) is 22.3. The van der Waals surface area contributed by atoms with E-state index in [0.29, 0.717) is 11.3 Å². The van der Waals surface area contributed by atoms with Crippen molar-refractivity contribution in [2.75, 3.05) is 27.2 Å². The van der Waals surface area contributed by atoms with Gasteiger partial charge in [0.25, 0.3) is 0 Å². The predicted octanol–water partition coefficient (Wildman–Crippen LogP) is 1.91. The van der Waals surface area contributed by atoms with Crippen LogP contribution < -0.4 is 4.74 Å². The van der Waals surface area contributed by atoms with Crippen LogP contribution in [-0.4, -0.2) is 86.5 Å². The Morgan fingerprint density at radius 2 is 1.90 bits per heavy atom. The molecule has 1 N–H and O–H groups in total. The molecular weight excluding hydrogens is 424 g/mol. The Kier molecular flexibility index (Phi) is 6.43. The number of hydrogen-bond donors (Lipinski definition) is 1. The molecule has 0 radical (unpaired) electrons. The summed E-state index contributed by atoms with van der Waals surface area (Å²) in [6, 6.07) is 6.93. The highest BCUT2D eigenvalue weighted by atomic mass is 32.2. The largest absolute Gasteiger partial charge is 0.486 e. The van der Waals surface area contributed by atoms with E-state index in [1.165, 1.54) is 16.3 Å². The van der Waals surface area contributed by atoms with E-state index < -0.39 is 22.2 Å². The van der Waals surface area contributed by atoms with Crippen molar-refractivity contribution in [3.63, 3.8) is 0 Å². The number of carboxylic acid groups (broad SMARTS) is 1. The molecule has 0 aromatic heterocycles. The topological polar surface area (TPSA) is 106 Å². The van der Waals surface area contributed by atoms with Crippen molar-refractivity contribution < 1.29 is 32.5 Å². The van der Waals surface area contributed by atoms with Gasteiger partial charge in [0.15, 0.2) is 0 Å². The van der Waals surface area contributed by atoms with Gasteiger partial charge in [0.2, 0.25) is 10.0 Å². The third kappa shape index (κ3) is 4.97. The fraction of sp³-hybridized carbons (Fsp3) is 0.667. The molecule has 3 heterocycles. The van der Waals surface area contributed by atoms with Crippen LogP contribution in [0.15, 0.2) is 24.3 Å². The molecule has 1 aromatic rings. The van der Waals surface area contributed by atoms with Crippen LogP contribution in [0.2, 0.25) is 0 Å². The highest BCUT2D eigenvalue weighted by Gasteiger charge is 2.40. The van der Waals surface area contributed by atoms with E-state index in [4.69, 9.17) is 14.2 Å². The summed E-state index contributed by atoms with van der Waals surface area (Å²) in [5, 5.41) is 9.21. The Morgan fingerprint density at radius 3 is 2.55 bits per heavy atom. The van der Waals surface area contributed by atoms with E-state index in [1.807, 2.05) is 0 Å². The Balaban J connectivity index is 1.41. The average Bonchev–Trinajstić information content (AvgIpc) is 3.29. The first-order valence-corrected chi connectivity index (χ1v) is 12.2. The first-order chi connectivity index (χ1) is 14.7. The average molecular weight is 455 g/mol. The van der Waals surface area contributed by atoms with Crippen molar-refractivity contribution in [2.45, 2.75) is 61.9 Å². The van der Waals surface area contributed by atoms with E-state index in [1.54, 1.807) is 31.3 Å². The molecule has 3 saturated heterocycles. The maximum atomic E-state index is 13.1. The number of ether oxygens (including phenoxy) is 3. The molecule has 4 atom stereocenters. The number of nitrogens with zero attached hydrogens (tertiary/aromatic N) is 2. The van der Waals surface area contributed by atoms with E-state index in [-0.39, 0.29) is 43.2 Å². The zero-order valence-electron chi connectivity index (χ0n) is 17.8. The lowest BCUT2D eigenvalue weighted by atomic mass is 10.0. The monoisotopic (exact) mass is 454 g/mol. The number of amides is 1. The number of hydrogen-bond acceptors (Lipinski definition) is 6. The van der Waals surface area contributed by atoms with Crippen molar-refractivity contribution in [1.29, 1.82) is 0 Å². The van der Waals surface area contributed by atoms with E-state index in [9.17, 15) is 18.3 Å². The number of likely N-dealkylation sites (tertiary alicyclic amines) is 1. The molecule has 0 spiro atoms. The van der Waals surface area contributed by atoms with Crippen LogP contribution in [0.5, 0.6) is 5.75 Å². The third-order valence-corrected chi connectivity index (χ3v) is 8.42. The number of benzene rings is 1. The van der Waals surface area contributed by atoms with Gasteiger partial charge in [0.05, 0.1) is 31.1 Å². The second-order valence-corrected chi connectivity index (χ2v) is 10.6. The van der Waals surface area contributed by atoms with Gasteiger partial charge in [-0.25, -0.2) is 17.5 Å². The molecule has 3 aliphatic rings. The normalized spacial score (nSPS) is 30.7. The lowest BCUT2D eigenvalue weighted by Gasteiger charge is -2.34. The van der Waals surface area contributed by atoms with Gasteiger partial charge in [-0.2, -0.15) is 0 Å². The van der Waals surface area contributed by atoms with Gasteiger partial charge in [0.1, 0.15) is 18.0 Å². The molecule has 31 heavy (non-hydrogen) atoms. The minimum atomic E-state index is -3.50. The molecule has 3 aliphatic heterocycles. The van der Waals surface area contributed by atoms with Crippen molar-refractivity contribution in [3.8, 4) is 5.75 Å². The zero-order valence-corrected chi connectivity index (χ0v) is 18.7. The maximum Gasteiger partial charge on any atom is 0.407 e. The summed E-state index contributed by atoms with van der Waals surface area (Å²) in [5.41, 5.74) is 0.626. The van der Waals surface area contributed by atoms with Crippen LogP contribution in [-0.2, 0) is 25.2 Å². The Morgan fingerprint density at radius 1 is 1.23 bits per heavy atom. The molecule has 2 bridgehead atoms. The smallest absolute Gasteiger partial charge is 0.407 e. The van der Waals surface area contributed by atoms with Gasteiger partial charge in [-0.05, 0) is 43.4 Å². The van der Waals surface area contributed by atoms with Gasteiger partial charge in [-0.3, -0.25) is 0 Å². The predicted molar refractivity (Wildman–Crippen MR) is 113 cm³/mol. The number of fused-ring (bicyclic) bond motifs is 2. The molecule has 0 saturated carbocycles. The fourth-order valence-electron chi connectivity index (χ4n) is 4.79. The van der Waals surface area contributed by atoms with E-state index >= 15 is 0 Å². The van der Waals surface area contributed by atoms with Gasteiger partial charge in [-0.1, -0.05) is 12.1 Å². The van der Waals surface area contributed by atoms with Gasteiger partial charge in [0, 0.05) is 20.2 Å². The minimum absolute atomic E-state index is 0.0290. The summed E-state index contributed by atoms with van der Waals surface area (Å²) >= 11 is 0. The summed E-state index contributed by atoms with van der Waals surface area (Å²) in [4.78, 5) is 12.5. The number of rotatable bonds is 7. The molecule has 172 valence electrons. The Bertz CT molecular complexity index is 897. The van der Waals surface area contributed by atoms with Crippen molar-refractivity contribution in [2.24, 2.45) is 0 Å². The second kappa shape index (κ2) is 8.93. The third-order valence-electron chi connectivity index (χ3n) is 6.54. The molecule has 1 amide bonds. The Hall–Kier alpha value is -1.88. The summed E-state index contributed by atoms with van der Waals surface area (Å²) in [7, 11) is -0.318. The van der Waals surface area contributed by atoms with Crippen molar-refractivity contribution >= 4 is 16.1 Å². The summed E-state index contributed by atoms with van der Waals surface area (Å²) in [6.45, 7) is 0.438. The summed E-state index contributed by atoms with van der Waals surface area (Å²) in [5.74, 6) is 0.381. The SMILES string of the molecule is CO[C@@H]1CN(C(=O)O)C[C@H]1Oc1cccc(CS(=O)(=O)N(C)C2CC3CCC(C2)O3)c1. The lowest BCUT2D eigenvalue weighted by Crippen LogP contribution is -2.43. The standard InChI is InChI=1S/C21H30N2O7S/c1-22(15-9-17-6-7-18(10-15)29-17)31(26,27)13-14-4-3-5-16(8-14)30-20-12-23(21(24)25)11-19(20)28-2/h3-5,8,15,17-20H,6-7,9-13H2,1-2H3,(H,24,25)/t15?,17?,18?,19-,20-/m1/s1. The molecule has 3 fully saturated rings. The van der Waals surface area contributed by atoms with Crippen LogP contribution in [0, 0.1) is 0 Å². The van der Waals surface area contributed by atoms with E-state index in [0.717, 1.165) is 25.7 Å². The van der Waals surface area contributed by atoms with Crippen molar-refractivity contribution in [1.82, 2.24) is 9.21 Å². The summed E-state index contributed by atoms with van der Waals surface area (Å²) < 4.78 is 44.8. The highest BCUT2D eigenvalue weighted by Crippen LogP contribution is 2.35. The number of sulfonamides is 1. The molecular formula is C21H30N2O7S. The van der Waals surface area contributed by atoms with Crippen LogP contribution in [0.3, 0.4) is 0 Å². The Labute approximate surface area is 182 Å². The second-order valence-electron chi connectivity index (χ2n) is 8.62. The first-order valence-electron chi connectivity index (χ1n) is 10.6. The van der Waals surface area contributed by atoms with Gasteiger partial charge >= 0.3 is 6.09 Å². The molecule has 2 unspecified atom stereocenters. The highest BCUT2D eigenvalue weighted by molar-refractivity contribution is 7.88. The number of carbonyl (C=O) groups is 1. The van der Waals surface area contributed by atoms with Crippen molar-refractivity contribution in [3.05, 3.63) is 29.8 Å².